The molecule has 9 heteroatoms. The number of benzene rings is 1. The molecule has 164 valence electrons. The lowest BCUT2D eigenvalue weighted by Gasteiger charge is -2.27. The van der Waals surface area contributed by atoms with E-state index >= 15 is 0 Å². The number of nitrogens with one attached hydrogen (secondary N) is 3. The van der Waals surface area contributed by atoms with Gasteiger partial charge in [-0.15, -0.1) is 0 Å². The summed E-state index contributed by atoms with van der Waals surface area (Å²) in [6, 6.07) is 8.28. The van der Waals surface area contributed by atoms with Crippen molar-refractivity contribution >= 4 is 34.4 Å². The van der Waals surface area contributed by atoms with Crippen LogP contribution in [0.4, 0.5) is 23.5 Å². The first kappa shape index (κ1) is 21.0. The van der Waals surface area contributed by atoms with Crippen molar-refractivity contribution in [1.29, 1.82) is 0 Å². The van der Waals surface area contributed by atoms with Crippen molar-refractivity contribution in [3.8, 4) is 0 Å². The molecule has 4 N–H and O–H groups in total. The second-order valence-electron chi connectivity index (χ2n) is 7.71. The van der Waals surface area contributed by atoms with Crippen molar-refractivity contribution in [3.63, 3.8) is 0 Å². The fraction of sp³-hybridized carbons (Fsp3) is 0.455. The summed E-state index contributed by atoms with van der Waals surface area (Å²) in [6.45, 7) is 5.77. The van der Waals surface area contributed by atoms with E-state index in [-0.39, 0.29) is 6.61 Å². The van der Waals surface area contributed by atoms with Crippen molar-refractivity contribution in [3.05, 3.63) is 36.0 Å². The molecule has 0 radical (unpaired) electrons. The van der Waals surface area contributed by atoms with Crippen LogP contribution in [-0.2, 0) is 0 Å². The van der Waals surface area contributed by atoms with E-state index in [2.05, 4.69) is 65.9 Å². The number of pyridine rings is 1. The van der Waals surface area contributed by atoms with Crippen LogP contribution in [0, 0.1) is 6.92 Å². The Kier molecular flexibility index (Phi) is 6.93. The molecule has 1 saturated heterocycles. The molecule has 1 aromatic carbocycles. The van der Waals surface area contributed by atoms with E-state index in [1.807, 2.05) is 12.3 Å². The normalized spacial score (nSPS) is 13.9. The average molecular weight is 423 g/mol. The highest BCUT2D eigenvalue weighted by Crippen LogP contribution is 2.22. The summed E-state index contributed by atoms with van der Waals surface area (Å²) in [7, 11) is 0. The maximum atomic E-state index is 9.11. The summed E-state index contributed by atoms with van der Waals surface area (Å²) in [5.41, 5.74) is 3.24. The first-order valence-corrected chi connectivity index (χ1v) is 10.9. The molecule has 0 aliphatic carbocycles. The number of aliphatic hydroxyl groups excluding tert-OH is 1. The Balaban J connectivity index is 1.40. The molecule has 1 aliphatic heterocycles. The Labute approximate surface area is 182 Å². The van der Waals surface area contributed by atoms with Crippen molar-refractivity contribution < 1.29 is 5.11 Å². The predicted octanol–water partition coefficient (Wildman–Crippen LogP) is 2.65. The van der Waals surface area contributed by atoms with Gasteiger partial charge in [-0.1, -0.05) is 12.1 Å². The first-order chi connectivity index (χ1) is 15.2. The SMILES string of the molecule is Cc1ccc2c(NCCNc3nc(NCCO)nc(N4CCCCC4)n3)ccnc2c1. The van der Waals surface area contributed by atoms with E-state index in [4.69, 9.17) is 5.11 Å². The molecular weight excluding hydrogens is 392 g/mol. The van der Waals surface area contributed by atoms with Gasteiger partial charge < -0.3 is 26.0 Å². The highest BCUT2D eigenvalue weighted by Gasteiger charge is 2.16. The van der Waals surface area contributed by atoms with Gasteiger partial charge >= 0.3 is 0 Å². The van der Waals surface area contributed by atoms with Gasteiger partial charge in [-0.3, -0.25) is 4.98 Å². The number of fused-ring (bicyclic) bond motifs is 1. The van der Waals surface area contributed by atoms with E-state index in [1.54, 1.807) is 0 Å². The molecule has 2 aromatic heterocycles. The van der Waals surface area contributed by atoms with Crippen LogP contribution in [0.15, 0.2) is 30.5 Å². The Morgan fingerprint density at radius 3 is 2.42 bits per heavy atom. The van der Waals surface area contributed by atoms with Gasteiger partial charge in [-0.25, -0.2) is 0 Å². The van der Waals surface area contributed by atoms with Crippen LogP contribution in [0.3, 0.4) is 0 Å². The second-order valence-corrected chi connectivity index (χ2v) is 7.71. The summed E-state index contributed by atoms with van der Waals surface area (Å²) in [6.07, 6.45) is 5.37. The molecule has 0 amide bonds. The van der Waals surface area contributed by atoms with Gasteiger partial charge in [-0.2, -0.15) is 15.0 Å². The molecule has 3 aromatic rings. The number of hydrogen-bond acceptors (Lipinski definition) is 9. The average Bonchev–Trinajstić information content (AvgIpc) is 2.81. The highest BCUT2D eigenvalue weighted by atomic mass is 16.3. The molecule has 4 rings (SSSR count). The summed E-state index contributed by atoms with van der Waals surface area (Å²) in [5, 5.41) is 20.0. The molecule has 0 atom stereocenters. The molecule has 3 heterocycles. The first-order valence-electron chi connectivity index (χ1n) is 10.9. The van der Waals surface area contributed by atoms with E-state index in [1.165, 1.54) is 12.0 Å². The van der Waals surface area contributed by atoms with Gasteiger partial charge in [0.15, 0.2) is 0 Å². The van der Waals surface area contributed by atoms with Crippen LogP contribution in [0.25, 0.3) is 10.9 Å². The lowest BCUT2D eigenvalue weighted by molar-refractivity contribution is 0.311. The molecule has 9 nitrogen and oxygen atoms in total. The van der Waals surface area contributed by atoms with Gasteiger partial charge in [0.2, 0.25) is 17.8 Å². The van der Waals surface area contributed by atoms with Crippen molar-refractivity contribution in [2.24, 2.45) is 0 Å². The standard InChI is InChI=1S/C22H30N8O/c1-16-5-6-17-18(7-8-23-19(17)15-16)24-9-10-25-20-27-21(26-11-14-31)29-22(28-20)30-12-3-2-4-13-30/h5-8,15,31H,2-4,9-14H2,1H3,(H,23,24)(H2,25,26,27,28,29). The Morgan fingerprint density at radius 1 is 0.903 bits per heavy atom. The van der Waals surface area contributed by atoms with Crippen LogP contribution in [0.1, 0.15) is 24.8 Å². The van der Waals surface area contributed by atoms with E-state index in [0.29, 0.717) is 37.5 Å². The third-order valence-electron chi connectivity index (χ3n) is 5.28. The van der Waals surface area contributed by atoms with Gasteiger partial charge in [0.1, 0.15) is 0 Å². The Morgan fingerprint density at radius 2 is 1.65 bits per heavy atom. The number of hydrogen-bond donors (Lipinski definition) is 4. The number of rotatable bonds is 9. The van der Waals surface area contributed by atoms with Crippen LogP contribution >= 0.6 is 0 Å². The van der Waals surface area contributed by atoms with Crippen LogP contribution in [0.2, 0.25) is 0 Å². The maximum Gasteiger partial charge on any atom is 0.231 e. The third-order valence-corrected chi connectivity index (χ3v) is 5.28. The number of aliphatic hydroxyl groups is 1. The second kappa shape index (κ2) is 10.2. The minimum atomic E-state index is 0.0246. The maximum absolute atomic E-state index is 9.11. The molecule has 0 unspecified atom stereocenters. The zero-order valence-corrected chi connectivity index (χ0v) is 17.9. The summed E-state index contributed by atoms with van der Waals surface area (Å²) in [4.78, 5) is 20.3. The topological polar surface area (TPSA) is 111 Å². The van der Waals surface area contributed by atoms with Crippen LogP contribution in [-0.4, -0.2) is 64.4 Å². The molecule has 31 heavy (non-hydrogen) atoms. The minimum absolute atomic E-state index is 0.0246. The lowest BCUT2D eigenvalue weighted by atomic mass is 10.1. The zero-order chi connectivity index (χ0) is 21.5. The van der Waals surface area contributed by atoms with Crippen LogP contribution < -0.4 is 20.9 Å². The molecule has 0 bridgehead atoms. The number of anilines is 4. The fourth-order valence-corrected chi connectivity index (χ4v) is 3.71. The van der Waals surface area contributed by atoms with Crippen molar-refractivity contribution in [2.75, 3.05) is 60.2 Å². The molecule has 0 spiro atoms. The summed E-state index contributed by atoms with van der Waals surface area (Å²) in [5.74, 6) is 1.70. The molecule has 1 fully saturated rings. The van der Waals surface area contributed by atoms with Gasteiger partial charge in [0, 0.05) is 50.0 Å². The largest absolute Gasteiger partial charge is 0.395 e. The van der Waals surface area contributed by atoms with Gasteiger partial charge in [0.25, 0.3) is 0 Å². The smallest absolute Gasteiger partial charge is 0.231 e. The van der Waals surface area contributed by atoms with E-state index in [0.717, 1.165) is 42.5 Å². The van der Waals surface area contributed by atoms with E-state index in [9.17, 15) is 0 Å². The quantitative estimate of drug-likeness (QED) is 0.387. The third kappa shape index (κ3) is 5.49. The van der Waals surface area contributed by atoms with Crippen molar-refractivity contribution in [1.82, 2.24) is 19.9 Å². The van der Waals surface area contributed by atoms with Crippen LogP contribution in [0.5, 0.6) is 0 Å². The van der Waals surface area contributed by atoms with Gasteiger partial charge in [-0.05, 0) is 43.9 Å². The minimum Gasteiger partial charge on any atom is -0.395 e. The van der Waals surface area contributed by atoms with Gasteiger partial charge in [0.05, 0.1) is 12.1 Å². The number of aryl methyl sites for hydroxylation is 1. The molecule has 0 saturated carbocycles. The number of aromatic nitrogens is 4. The highest BCUT2D eigenvalue weighted by molar-refractivity contribution is 5.91. The molecule has 1 aliphatic rings. The summed E-state index contributed by atoms with van der Waals surface area (Å²) < 4.78 is 0. The Bertz CT molecular complexity index is 1010. The molecular formula is C22H30N8O. The fourth-order valence-electron chi connectivity index (χ4n) is 3.71. The monoisotopic (exact) mass is 422 g/mol. The number of nitrogens with zero attached hydrogens (tertiary/aromatic N) is 5. The summed E-state index contributed by atoms with van der Waals surface area (Å²) >= 11 is 0. The lowest BCUT2D eigenvalue weighted by Crippen LogP contribution is -2.31. The number of piperidine rings is 1. The Hall–Kier alpha value is -3.20. The predicted molar refractivity (Wildman–Crippen MR) is 125 cm³/mol. The van der Waals surface area contributed by atoms with Crippen molar-refractivity contribution in [2.45, 2.75) is 26.2 Å². The zero-order valence-electron chi connectivity index (χ0n) is 17.9. The van der Waals surface area contributed by atoms with E-state index < -0.39 is 0 Å².